The number of benzene rings is 2. The average molecular weight is 428 g/mol. The van der Waals surface area contributed by atoms with Crippen LogP contribution in [0.4, 0.5) is 5.69 Å². The van der Waals surface area contributed by atoms with E-state index in [2.05, 4.69) is 17.9 Å². The zero-order chi connectivity index (χ0) is 22.1. The van der Waals surface area contributed by atoms with Gasteiger partial charge in [0.2, 0.25) is 0 Å². The standard InChI is InChI=1S/C26H25N3O3/c1-19-9-10-22-21(16-19)23(17-25(30)29(22)18-20-6-3-2-4-7-20)27-11-13-28(14-12-27)26(31)24-8-5-15-32-24/h2-10,15-17H,11-14,18H2,1H3. The molecule has 0 bridgehead atoms. The van der Waals surface area contributed by atoms with Gasteiger partial charge in [0, 0.05) is 37.6 Å². The normalized spacial score (nSPS) is 14.2. The van der Waals surface area contributed by atoms with Crippen molar-refractivity contribution in [2.45, 2.75) is 13.5 Å². The molecule has 1 aliphatic rings. The molecule has 32 heavy (non-hydrogen) atoms. The number of nitrogens with zero attached hydrogens (tertiary/aromatic N) is 3. The lowest BCUT2D eigenvalue weighted by atomic mass is 10.1. The number of hydrogen-bond donors (Lipinski definition) is 0. The zero-order valence-corrected chi connectivity index (χ0v) is 18.0. The summed E-state index contributed by atoms with van der Waals surface area (Å²) in [6, 6.07) is 21.4. The fourth-order valence-electron chi connectivity index (χ4n) is 4.38. The minimum Gasteiger partial charge on any atom is -0.459 e. The summed E-state index contributed by atoms with van der Waals surface area (Å²) in [6.07, 6.45) is 1.52. The number of aromatic nitrogens is 1. The third-order valence-electron chi connectivity index (χ3n) is 6.07. The molecule has 162 valence electrons. The van der Waals surface area contributed by atoms with Crippen molar-refractivity contribution in [2.24, 2.45) is 0 Å². The van der Waals surface area contributed by atoms with Gasteiger partial charge < -0.3 is 18.8 Å². The first-order valence-corrected chi connectivity index (χ1v) is 10.9. The molecule has 6 nitrogen and oxygen atoms in total. The van der Waals surface area contributed by atoms with E-state index in [0.717, 1.165) is 27.7 Å². The van der Waals surface area contributed by atoms with Gasteiger partial charge in [-0.25, -0.2) is 0 Å². The zero-order valence-electron chi connectivity index (χ0n) is 18.0. The van der Waals surface area contributed by atoms with Crippen molar-refractivity contribution < 1.29 is 9.21 Å². The fraction of sp³-hybridized carbons (Fsp3) is 0.231. The van der Waals surface area contributed by atoms with Gasteiger partial charge in [0.15, 0.2) is 5.76 Å². The molecule has 4 aromatic rings. The van der Waals surface area contributed by atoms with E-state index in [0.29, 0.717) is 38.5 Å². The van der Waals surface area contributed by atoms with Crippen molar-refractivity contribution in [2.75, 3.05) is 31.1 Å². The molecule has 0 radical (unpaired) electrons. The number of piperazine rings is 1. The number of hydrogen-bond acceptors (Lipinski definition) is 4. The molecule has 1 aliphatic heterocycles. The summed E-state index contributed by atoms with van der Waals surface area (Å²) in [5.41, 5.74) is 4.08. The van der Waals surface area contributed by atoms with Crippen molar-refractivity contribution in [3.05, 3.63) is 100 Å². The van der Waals surface area contributed by atoms with Gasteiger partial charge in [0.05, 0.1) is 24.0 Å². The molecule has 1 amide bonds. The van der Waals surface area contributed by atoms with Crippen molar-refractivity contribution in [3.63, 3.8) is 0 Å². The second kappa shape index (κ2) is 8.38. The largest absolute Gasteiger partial charge is 0.459 e. The molecule has 3 heterocycles. The summed E-state index contributed by atoms with van der Waals surface area (Å²) in [6.45, 7) is 5.09. The van der Waals surface area contributed by atoms with Crippen LogP contribution in [0.1, 0.15) is 21.7 Å². The molecule has 0 unspecified atom stereocenters. The molecule has 1 saturated heterocycles. The van der Waals surface area contributed by atoms with Crippen LogP contribution in [0.25, 0.3) is 10.9 Å². The van der Waals surface area contributed by atoms with Crippen LogP contribution in [-0.2, 0) is 6.54 Å². The molecular weight excluding hydrogens is 402 g/mol. The number of rotatable bonds is 4. The Morgan fingerprint density at radius 3 is 2.44 bits per heavy atom. The summed E-state index contributed by atoms with van der Waals surface area (Å²) in [4.78, 5) is 29.8. The van der Waals surface area contributed by atoms with Crippen molar-refractivity contribution in [1.82, 2.24) is 9.47 Å². The summed E-state index contributed by atoms with van der Waals surface area (Å²) in [5.74, 6) is 0.275. The molecule has 2 aromatic heterocycles. The number of amides is 1. The molecule has 6 heteroatoms. The molecule has 0 N–H and O–H groups in total. The number of aryl methyl sites for hydroxylation is 1. The van der Waals surface area contributed by atoms with Crippen LogP contribution in [0.2, 0.25) is 0 Å². The summed E-state index contributed by atoms with van der Waals surface area (Å²) >= 11 is 0. The van der Waals surface area contributed by atoms with E-state index in [1.807, 2.05) is 47.0 Å². The van der Waals surface area contributed by atoms with E-state index in [1.54, 1.807) is 23.1 Å². The Labute approximate surface area is 186 Å². The third kappa shape index (κ3) is 3.80. The number of pyridine rings is 1. The van der Waals surface area contributed by atoms with Crippen LogP contribution < -0.4 is 10.5 Å². The number of anilines is 1. The van der Waals surface area contributed by atoms with E-state index in [1.165, 1.54) is 6.26 Å². The maximum absolute atomic E-state index is 13.2. The topological polar surface area (TPSA) is 58.7 Å². The van der Waals surface area contributed by atoms with Gasteiger partial charge in [-0.15, -0.1) is 0 Å². The number of fused-ring (bicyclic) bond motifs is 1. The minimum atomic E-state index is -0.0892. The van der Waals surface area contributed by atoms with Gasteiger partial charge >= 0.3 is 0 Å². The van der Waals surface area contributed by atoms with E-state index in [4.69, 9.17) is 4.42 Å². The highest BCUT2D eigenvalue weighted by molar-refractivity contribution is 5.93. The Kier molecular flexibility index (Phi) is 5.27. The predicted molar refractivity (Wildman–Crippen MR) is 125 cm³/mol. The number of carbonyl (C=O) groups is 1. The molecule has 0 atom stereocenters. The molecule has 0 spiro atoms. The predicted octanol–water partition coefficient (Wildman–Crippen LogP) is 3.91. The first-order chi connectivity index (χ1) is 15.6. The van der Waals surface area contributed by atoms with Crippen molar-refractivity contribution in [3.8, 4) is 0 Å². The third-order valence-corrected chi connectivity index (χ3v) is 6.07. The van der Waals surface area contributed by atoms with Crippen LogP contribution >= 0.6 is 0 Å². The Morgan fingerprint density at radius 2 is 1.72 bits per heavy atom. The molecule has 0 saturated carbocycles. The van der Waals surface area contributed by atoms with Crippen molar-refractivity contribution >= 4 is 22.5 Å². The van der Waals surface area contributed by atoms with Crippen LogP contribution in [0.15, 0.2) is 82.2 Å². The first kappa shape index (κ1) is 20.1. The SMILES string of the molecule is Cc1ccc2c(c1)c(N1CCN(C(=O)c3ccco3)CC1)cc(=O)n2Cc1ccccc1. The van der Waals surface area contributed by atoms with E-state index in [-0.39, 0.29) is 11.5 Å². The molecular formula is C26H25N3O3. The number of carbonyl (C=O) groups excluding carboxylic acids is 1. The second-order valence-corrected chi connectivity index (χ2v) is 8.22. The summed E-state index contributed by atoms with van der Waals surface area (Å²) in [7, 11) is 0. The number of furan rings is 1. The Bertz CT molecular complexity index is 1300. The lowest BCUT2D eigenvalue weighted by Crippen LogP contribution is -2.49. The second-order valence-electron chi connectivity index (χ2n) is 8.22. The Hall–Kier alpha value is -3.80. The van der Waals surface area contributed by atoms with Crippen molar-refractivity contribution in [1.29, 1.82) is 0 Å². The highest BCUT2D eigenvalue weighted by Crippen LogP contribution is 2.28. The smallest absolute Gasteiger partial charge is 0.289 e. The highest BCUT2D eigenvalue weighted by Gasteiger charge is 2.25. The van der Waals surface area contributed by atoms with E-state index < -0.39 is 0 Å². The fourth-order valence-corrected chi connectivity index (χ4v) is 4.38. The van der Waals surface area contributed by atoms with Gasteiger partial charge in [-0.05, 0) is 36.8 Å². The maximum Gasteiger partial charge on any atom is 0.289 e. The van der Waals surface area contributed by atoms with Crippen LogP contribution in [0, 0.1) is 6.92 Å². The molecule has 2 aromatic carbocycles. The highest BCUT2D eigenvalue weighted by atomic mass is 16.3. The molecule has 5 rings (SSSR count). The van der Waals surface area contributed by atoms with Gasteiger partial charge in [0.1, 0.15) is 0 Å². The van der Waals surface area contributed by atoms with Crippen LogP contribution in [0.5, 0.6) is 0 Å². The first-order valence-electron chi connectivity index (χ1n) is 10.9. The maximum atomic E-state index is 13.2. The monoisotopic (exact) mass is 427 g/mol. The molecule has 0 aliphatic carbocycles. The van der Waals surface area contributed by atoms with Gasteiger partial charge in [-0.3, -0.25) is 9.59 Å². The quantitative estimate of drug-likeness (QED) is 0.495. The Morgan fingerprint density at radius 1 is 0.938 bits per heavy atom. The Balaban J connectivity index is 1.46. The van der Waals surface area contributed by atoms with Gasteiger partial charge in [-0.1, -0.05) is 42.0 Å². The summed E-state index contributed by atoms with van der Waals surface area (Å²) in [5, 5.41) is 1.06. The molecule has 1 fully saturated rings. The minimum absolute atomic E-state index is 0.0192. The van der Waals surface area contributed by atoms with Gasteiger partial charge in [0.25, 0.3) is 11.5 Å². The lowest BCUT2D eigenvalue weighted by molar-refractivity contribution is 0.0715. The van der Waals surface area contributed by atoms with E-state index in [9.17, 15) is 9.59 Å². The summed E-state index contributed by atoms with van der Waals surface area (Å²) < 4.78 is 7.10. The van der Waals surface area contributed by atoms with Gasteiger partial charge in [-0.2, -0.15) is 0 Å². The lowest BCUT2D eigenvalue weighted by Gasteiger charge is -2.36. The van der Waals surface area contributed by atoms with Crippen LogP contribution in [-0.4, -0.2) is 41.6 Å². The van der Waals surface area contributed by atoms with Crippen LogP contribution in [0.3, 0.4) is 0 Å². The van der Waals surface area contributed by atoms with E-state index >= 15 is 0 Å². The average Bonchev–Trinajstić information content (AvgIpc) is 3.36.